The first-order valence-electron chi connectivity index (χ1n) is 15.9. The van der Waals surface area contributed by atoms with Crippen LogP contribution >= 0.6 is 0 Å². The van der Waals surface area contributed by atoms with E-state index in [1.807, 2.05) is 50.4 Å². The second-order valence-electron chi connectivity index (χ2n) is 13.2. The van der Waals surface area contributed by atoms with Crippen LogP contribution < -0.4 is 0 Å². The zero-order valence-electron chi connectivity index (χ0n) is 25.4. The molecule has 1 aromatic carbocycles. The van der Waals surface area contributed by atoms with Crippen LogP contribution in [0.5, 0.6) is 5.75 Å². The monoisotopic (exact) mass is 568 g/mol. The lowest BCUT2D eigenvalue weighted by atomic mass is 9.67. The van der Waals surface area contributed by atoms with Gasteiger partial charge in [-0.05, 0) is 110 Å². The van der Waals surface area contributed by atoms with Crippen molar-refractivity contribution in [2.75, 3.05) is 6.61 Å². The molecule has 0 radical (unpaired) electrons. The summed E-state index contributed by atoms with van der Waals surface area (Å²) in [7, 11) is 0. The van der Waals surface area contributed by atoms with Gasteiger partial charge in [0, 0.05) is 18.2 Å². The van der Waals surface area contributed by atoms with E-state index in [4.69, 9.17) is 4.74 Å². The lowest BCUT2D eigenvalue weighted by molar-refractivity contribution is -0.143. The van der Waals surface area contributed by atoms with Crippen molar-refractivity contribution >= 4 is 23.5 Å². The van der Waals surface area contributed by atoms with Crippen molar-refractivity contribution in [2.24, 2.45) is 23.7 Å². The Kier molecular flexibility index (Phi) is 8.10. The zero-order chi connectivity index (χ0) is 29.5. The molecule has 0 unspecified atom stereocenters. The number of allylic oxidation sites excluding steroid dienone is 2. The Morgan fingerprint density at radius 3 is 2.48 bits per heavy atom. The maximum absolute atomic E-state index is 13.9. The van der Waals surface area contributed by atoms with Crippen molar-refractivity contribution in [2.45, 2.75) is 91.2 Å². The molecule has 3 fully saturated rings. The van der Waals surface area contributed by atoms with Gasteiger partial charge in [0.2, 0.25) is 11.8 Å². The number of likely N-dealkylation sites (tertiary alicyclic amines) is 1. The number of aryl methyl sites for hydroxylation is 2. The number of carbonyl (C=O) groups excluding carboxylic acids is 2. The van der Waals surface area contributed by atoms with Crippen LogP contribution in [0.25, 0.3) is 11.6 Å². The van der Waals surface area contributed by atoms with E-state index in [-0.39, 0.29) is 41.7 Å². The number of nitrogens with zero attached hydrogens (tertiary/aromatic N) is 2. The number of hydrogen-bond donors (Lipinski definition) is 1. The van der Waals surface area contributed by atoms with Crippen molar-refractivity contribution < 1.29 is 19.4 Å². The number of aromatic nitrogens is 1. The van der Waals surface area contributed by atoms with Crippen LogP contribution in [0.2, 0.25) is 0 Å². The highest BCUT2D eigenvalue weighted by atomic mass is 16.5. The quantitative estimate of drug-likeness (QED) is 0.287. The summed E-state index contributed by atoms with van der Waals surface area (Å²) in [4.78, 5) is 34.0. The van der Waals surface area contributed by atoms with Crippen LogP contribution in [-0.4, -0.2) is 45.6 Å². The summed E-state index contributed by atoms with van der Waals surface area (Å²) in [6.07, 6.45) is 11.4. The summed E-state index contributed by atoms with van der Waals surface area (Å²) in [5.41, 5.74) is 7.39. The second kappa shape index (κ2) is 11.8. The molecule has 6 nitrogen and oxygen atoms in total. The third kappa shape index (κ3) is 5.23. The molecule has 0 spiro atoms. The van der Waals surface area contributed by atoms with E-state index in [1.54, 1.807) is 4.90 Å². The van der Waals surface area contributed by atoms with Gasteiger partial charge in [0.05, 0.1) is 30.2 Å². The van der Waals surface area contributed by atoms with Gasteiger partial charge in [-0.3, -0.25) is 19.5 Å². The molecule has 4 aliphatic rings. The molecule has 4 atom stereocenters. The van der Waals surface area contributed by atoms with E-state index in [1.165, 1.54) is 17.6 Å². The number of phenols is 1. The highest BCUT2D eigenvalue weighted by molar-refractivity contribution is 6.06. The van der Waals surface area contributed by atoms with Crippen LogP contribution in [0, 0.1) is 37.5 Å². The minimum absolute atomic E-state index is 0.0131. The van der Waals surface area contributed by atoms with Gasteiger partial charge in [0.25, 0.3) is 0 Å². The number of imide groups is 1. The van der Waals surface area contributed by atoms with Gasteiger partial charge in [0.1, 0.15) is 5.75 Å². The molecule has 1 N–H and O–H groups in total. The molecule has 6 rings (SSSR count). The number of carbonyl (C=O) groups is 2. The molecular weight excluding hydrogens is 524 g/mol. The number of rotatable bonds is 7. The molecule has 3 heterocycles. The third-order valence-electron chi connectivity index (χ3n) is 10.1. The average Bonchev–Trinajstić information content (AvgIpc) is 3.52. The summed E-state index contributed by atoms with van der Waals surface area (Å²) in [5.74, 6) is 0.223. The summed E-state index contributed by atoms with van der Waals surface area (Å²) < 4.78 is 6.52. The number of hydrogen-bond acceptors (Lipinski definition) is 5. The molecule has 0 bridgehead atoms. The Morgan fingerprint density at radius 1 is 1.07 bits per heavy atom. The number of fused-ring (bicyclic) bond motifs is 3. The Morgan fingerprint density at radius 2 is 1.81 bits per heavy atom. The van der Waals surface area contributed by atoms with Gasteiger partial charge in [-0.15, -0.1) is 0 Å². The van der Waals surface area contributed by atoms with Crippen LogP contribution in [0.4, 0.5) is 0 Å². The Balaban J connectivity index is 1.28. The molecule has 1 aromatic heterocycles. The Bertz CT molecular complexity index is 1400. The van der Waals surface area contributed by atoms with Gasteiger partial charge in [-0.25, -0.2) is 0 Å². The molecule has 2 saturated heterocycles. The third-order valence-corrected chi connectivity index (χ3v) is 10.1. The minimum Gasteiger partial charge on any atom is -0.507 e. The molecule has 42 heavy (non-hydrogen) atoms. The van der Waals surface area contributed by atoms with E-state index >= 15 is 0 Å². The summed E-state index contributed by atoms with van der Waals surface area (Å²) in [5, 5.41) is 10.3. The van der Waals surface area contributed by atoms with E-state index in [9.17, 15) is 14.7 Å². The first kappa shape index (κ1) is 28.9. The fourth-order valence-corrected chi connectivity index (χ4v) is 8.07. The minimum atomic E-state index is -0.282. The van der Waals surface area contributed by atoms with Gasteiger partial charge in [0.15, 0.2) is 0 Å². The highest BCUT2D eigenvalue weighted by Gasteiger charge is 2.58. The van der Waals surface area contributed by atoms with E-state index in [0.29, 0.717) is 24.7 Å². The van der Waals surface area contributed by atoms with Gasteiger partial charge >= 0.3 is 0 Å². The van der Waals surface area contributed by atoms with E-state index < -0.39 is 0 Å². The van der Waals surface area contributed by atoms with Crippen molar-refractivity contribution in [1.29, 1.82) is 0 Å². The molecule has 2 aliphatic heterocycles. The van der Waals surface area contributed by atoms with Crippen LogP contribution in [-0.2, 0) is 14.3 Å². The molecule has 1 saturated carbocycles. The Labute approximate surface area is 249 Å². The zero-order valence-corrected chi connectivity index (χ0v) is 25.4. The number of pyridine rings is 1. The van der Waals surface area contributed by atoms with Crippen molar-refractivity contribution in [3.05, 3.63) is 70.1 Å². The molecule has 2 aromatic rings. The molecular formula is C36H44N2O4. The van der Waals surface area contributed by atoms with Crippen molar-refractivity contribution in [3.8, 4) is 5.75 Å². The summed E-state index contributed by atoms with van der Waals surface area (Å²) in [6.45, 7) is 8.78. The predicted octanol–water partition coefficient (Wildman–Crippen LogP) is 7.03. The SMILES string of the molecule is Cc1cc(/C=C(/CC[C@H]2OC[C@H]3C2=C(C(C)C)C[C@H]2C(=O)N(C4CCCCC4)C(=O)[C@H]23)c2ccccn2)cc(C)c1O. The van der Waals surface area contributed by atoms with Gasteiger partial charge < -0.3 is 9.84 Å². The lowest BCUT2D eigenvalue weighted by Crippen LogP contribution is -2.42. The van der Waals surface area contributed by atoms with Gasteiger partial charge in [-0.2, -0.15) is 0 Å². The number of benzene rings is 1. The lowest BCUT2D eigenvalue weighted by Gasteiger charge is -2.33. The van der Waals surface area contributed by atoms with Crippen molar-refractivity contribution in [1.82, 2.24) is 9.88 Å². The fraction of sp³-hybridized carbons (Fsp3) is 0.528. The highest BCUT2D eigenvalue weighted by Crippen LogP contribution is 2.52. The van der Waals surface area contributed by atoms with E-state index in [0.717, 1.165) is 66.5 Å². The standard InChI is InChI=1S/C36H44N2O4/c1-21(2)27-19-28-33(36(41)38(35(28)40)26-10-6-5-7-11-26)29-20-42-31(32(27)29)14-13-25(30-12-8-9-15-37-30)18-24-16-22(3)34(39)23(4)17-24/h8-9,12,15-18,21,26,28-29,31,33,39H,5-7,10-11,13-14,19-20H2,1-4H3/b25-18-/t28-,29+,31-,33-/m1/s1. The normalized spacial score (nSPS) is 26.8. The summed E-state index contributed by atoms with van der Waals surface area (Å²) >= 11 is 0. The van der Waals surface area contributed by atoms with Crippen LogP contribution in [0.15, 0.2) is 47.7 Å². The Hall–Kier alpha value is -3.25. The summed E-state index contributed by atoms with van der Waals surface area (Å²) in [6, 6.07) is 10.1. The predicted molar refractivity (Wildman–Crippen MR) is 164 cm³/mol. The van der Waals surface area contributed by atoms with Crippen LogP contribution in [0.1, 0.15) is 87.6 Å². The van der Waals surface area contributed by atoms with Gasteiger partial charge in [-0.1, -0.05) is 44.7 Å². The number of aromatic hydroxyl groups is 1. The first-order chi connectivity index (χ1) is 20.2. The van der Waals surface area contributed by atoms with Crippen LogP contribution in [0.3, 0.4) is 0 Å². The molecule has 6 heteroatoms. The number of ether oxygens (including phenoxy) is 1. The topological polar surface area (TPSA) is 79.7 Å². The van der Waals surface area contributed by atoms with Crippen molar-refractivity contribution in [3.63, 3.8) is 0 Å². The first-order valence-corrected chi connectivity index (χ1v) is 15.9. The van der Waals surface area contributed by atoms with E-state index in [2.05, 4.69) is 24.9 Å². The smallest absolute Gasteiger partial charge is 0.234 e. The molecule has 222 valence electrons. The fourth-order valence-electron chi connectivity index (χ4n) is 8.07. The number of phenolic OH excluding ortho intramolecular Hbond substituents is 1. The number of amides is 2. The maximum Gasteiger partial charge on any atom is 0.234 e. The average molecular weight is 569 g/mol. The largest absolute Gasteiger partial charge is 0.507 e. The molecule has 2 aliphatic carbocycles. The maximum atomic E-state index is 13.9. The molecule has 2 amide bonds. The second-order valence-corrected chi connectivity index (χ2v) is 13.2.